The topological polar surface area (TPSA) is 0 Å². The first kappa shape index (κ1) is 89.4. The number of allylic oxidation sites excluding steroid dienone is 1. The Morgan fingerprint density at radius 1 is 0.135 bits per heavy atom. The minimum absolute atomic E-state index is 0.820. The van der Waals surface area contributed by atoms with Crippen molar-refractivity contribution in [2.24, 2.45) is 0 Å². The summed E-state index contributed by atoms with van der Waals surface area (Å²) in [5.74, 6) is 0. The molecule has 0 aliphatic heterocycles. The molecule has 0 bridgehead atoms. The van der Waals surface area contributed by atoms with Crippen molar-refractivity contribution < 1.29 is 0 Å². The normalized spacial score (nSPS) is 11.5. The van der Waals surface area contributed by atoms with Gasteiger partial charge in [0.15, 0.2) is 0 Å². The molecule has 0 amide bonds. The van der Waals surface area contributed by atoms with E-state index in [-0.39, 0.29) is 0 Å². The largest absolute Gasteiger partial charge is 0.0955 e. The SMILES string of the molecule is C=C(C)c1c2cc(Cc3ccc4c(-c5ccccc5)c5ccc(-c6ccccc6)cc5c(-c5ccccc5)c4c3)ccc2cc2ccc(-c3ccccc3)cc12.c1ccc(-c2c3ccccc3c(-c3cccc4ccccc34)c3cc(Cc4ccc5cc6ccccc6cc5c4)ccc23)cc1.c1ccc(-c2ccc(-c3c4ccccc4c(-c4ccccc4)c4cc(Cc5ccc6cc7ccccc7cc6c5)ccc34)cc2)cc1. The van der Waals surface area contributed by atoms with Crippen molar-refractivity contribution in [2.45, 2.75) is 26.2 Å². The highest BCUT2D eigenvalue weighted by Crippen LogP contribution is 2.51. The summed E-state index contributed by atoms with van der Waals surface area (Å²) < 4.78 is 0. The molecule has 694 valence electrons. The van der Waals surface area contributed by atoms with Crippen molar-refractivity contribution in [2.75, 3.05) is 0 Å². The molecule has 28 aromatic rings. The third kappa shape index (κ3) is 17.1. The summed E-state index contributed by atoms with van der Waals surface area (Å²) in [5.41, 5.74) is 32.7. The molecule has 148 heavy (non-hydrogen) atoms. The van der Waals surface area contributed by atoms with E-state index in [0.29, 0.717) is 0 Å². The van der Waals surface area contributed by atoms with Crippen LogP contribution < -0.4 is 0 Å². The lowest BCUT2D eigenvalue weighted by molar-refractivity contribution is 1.21. The second-order valence-corrected chi connectivity index (χ2v) is 39.7. The predicted octanol–water partition coefficient (Wildman–Crippen LogP) is 40.9. The van der Waals surface area contributed by atoms with Crippen LogP contribution >= 0.6 is 0 Å². The Kier molecular flexibility index (Phi) is 23.5. The van der Waals surface area contributed by atoms with Crippen molar-refractivity contribution in [3.05, 3.63) is 598 Å². The number of hydrogen-bond acceptors (Lipinski definition) is 0. The van der Waals surface area contributed by atoms with Crippen LogP contribution in [0.3, 0.4) is 0 Å². The van der Waals surface area contributed by atoms with Crippen LogP contribution in [0.25, 0.3) is 246 Å². The van der Waals surface area contributed by atoms with Gasteiger partial charge in [-0.3, -0.25) is 0 Å². The lowest BCUT2D eigenvalue weighted by atomic mass is 9.84. The Bertz CT molecular complexity index is 10000. The molecule has 0 saturated heterocycles. The van der Waals surface area contributed by atoms with Gasteiger partial charge in [0.1, 0.15) is 0 Å². The highest BCUT2D eigenvalue weighted by Gasteiger charge is 2.25. The minimum atomic E-state index is 0.820. The summed E-state index contributed by atoms with van der Waals surface area (Å²) >= 11 is 0. The first-order valence-electron chi connectivity index (χ1n) is 51.6. The molecule has 0 N–H and O–H groups in total. The second kappa shape index (κ2) is 38.9. The number of rotatable bonds is 16. The second-order valence-electron chi connectivity index (χ2n) is 39.7. The predicted molar refractivity (Wildman–Crippen MR) is 638 cm³/mol. The summed E-state index contributed by atoms with van der Waals surface area (Å²) in [7, 11) is 0. The van der Waals surface area contributed by atoms with Gasteiger partial charge in [-0.15, -0.1) is 0 Å². The molecule has 28 rings (SSSR count). The summed E-state index contributed by atoms with van der Waals surface area (Å²) in [4.78, 5) is 0. The molecule has 0 atom stereocenters. The van der Waals surface area contributed by atoms with E-state index in [9.17, 15) is 0 Å². The van der Waals surface area contributed by atoms with Crippen molar-refractivity contribution in [1.82, 2.24) is 0 Å². The molecule has 0 saturated carbocycles. The zero-order chi connectivity index (χ0) is 98.5. The van der Waals surface area contributed by atoms with Crippen molar-refractivity contribution in [3.63, 3.8) is 0 Å². The smallest absolute Gasteiger partial charge is 0.00200 e. The lowest BCUT2D eigenvalue weighted by Gasteiger charge is -2.20. The zero-order valence-electron chi connectivity index (χ0n) is 82.4. The van der Waals surface area contributed by atoms with Crippen LogP contribution in [-0.2, 0) is 19.3 Å². The van der Waals surface area contributed by atoms with Crippen molar-refractivity contribution in [1.29, 1.82) is 0 Å². The van der Waals surface area contributed by atoms with E-state index in [2.05, 4.69) is 566 Å². The molecule has 0 unspecified atom stereocenters. The van der Waals surface area contributed by atoms with Gasteiger partial charge in [-0.05, 0) is 353 Å². The van der Waals surface area contributed by atoms with Crippen LogP contribution in [0.15, 0.2) is 559 Å². The number of fused-ring (bicyclic) bond motifs is 13. The molecular weight excluding hydrogens is 1780 g/mol. The fraction of sp³-hybridized carbons (Fsp3) is 0.0270. The van der Waals surface area contributed by atoms with E-state index in [1.807, 2.05) is 0 Å². The standard InChI is InChI=1S/C56H40.C47H32.C45H30/c1-37(2)54-50-32-38(23-25-46(50)34-47-27-26-44(35-51(47)54)40-15-7-3-8-16-40)31-39-24-29-48-52(33-39)56(43-21-13-6-14-22-43)53-36-45(41-17-9-4-10-18-41)28-30-49(53)55(48)42-19-11-5-12-20-42;1-3-11-34(12-4-1)35-22-24-37(25-23-35)46-42-17-9-10-18-43(42)47(36-13-5-2-6-14-36)45-29-33(20-26-44(45)46)27-32-19-21-40-30-38-15-7-8-16-39(38)31-41(40)28-32;1-2-12-33(13-3-1)44-40-18-8-9-19-41(40)45(39-20-10-16-32-11-6-7-17-38(32)39)43-27-31(22-24-42(43)44)25-30-21-23-36-28-34-14-4-5-15-35(34)29-37(36)26-30/h3-30,32-36H,1,31H2,2H3;1-26,28-31H,27H2;1-24,26-29H,25H2. The molecule has 28 aromatic carbocycles. The van der Waals surface area contributed by atoms with Gasteiger partial charge < -0.3 is 0 Å². The fourth-order valence-electron chi connectivity index (χ4n) is 23.5. The summed E-state index contributed by atoms with van der Waals surface area (Å²) in [5, 5.41) is 33.2. The molecule has 0 aromatic heterocycles. The Hall–Kier alpha value is -18.7. The van der Waals surface area contributed by atoms with E-state index in [0.717, 1.165) is 24.8 Å². The minimum Gasteiger partial charge on any atom is -0.0955 e. The number of benzene rings is 28. The van der Waals surface area contributed by atoms with Crippen molar-refractivity contribution >= 4 is 146 Å². The van der Waals surface area contributed by atoms with Gasteiger partial charge in [0.2, 0.25) is 0 Å². The maximum absolute atomic E-state index is 4.50. The summed E-state index contributed by atoms with van der Waals surface area (Å²) in [6.45, 7) is 6.64. The highest BCUT2D eigenvalue weighted by atomic mass is 14.3. The fourth-order valence-corrected chi connectivity index (χ4v) is 23.5. The average molecular weight is 1880 g/mol. The number of hydrogen-bond donors (Lipinski definition) is 0. The van der Waals surface area contributed by atoms with E-state index >= 15 is 0 Å². The van der Waals surface area contributed by atoms with E-state index in [4.69, 9.17) is 0 Å². The van der Waals surface area contributed by atoms with E-state index in [1.54, 1.807) is 0 Å². The van der Waals surface area contributed by atoms with Crippen LogP contribution in [0.1, 0.15) is 45.9 Å². The quantitative estimate of drug-likeness (QED) is 0.0846. The van der Waals surface area contributed by atoms with E-state index in [1.165, 1.54) is 279 Å². The first-order chi connectivity index (χ1) is 73.2. The van der Waals surface area contributed by atoms with E-state index < -0.39 is 0 Å². The Balaban J connectivity index is 0.000000113. The van der Waals surface area contributed by atoms with Gasteiger partial charge in [0.25, 0.3) is 0 Å². The first-order valence-corrected chi connectivity index (χ1v) is 51.6. The maximum Gasteiger partial charge on any atom is -0.00200 e. The Labute approximate surface area is 863 Å². The maximum atomic E-state index is 4.50. The van der Waals surface area contributed by atoms with Crippen LogP contribution in [-0.4, -0.2) is 0 Å². The molecule has 0 heteroatoms. The molecule has 0 aliphatic rings. The van der Waals surface area contributed by atoms with Crippen LogP contribution in [0.4, 0.5) is 0 Å². The molecular formula is C148H102. The van der Waals surface area contributed by atoms with Crippen molar-refractivity contribution in [3.8, 4) is 100 Å². The molecule has 0 radical (unpaired) electrons. The molecule has 0 aliphatic carbocycles. The molecule has 0 nitrogen and oxygen atoms in total. The lowest BCUT2D eigenvalue weighted by Crippen LogP contribution is -1.95. The van der Waals surface area contributed by atoms with Crippen LogP contribution in [0.5, 0.6) is 0 Å². The van der Waals surface area contributed by atoms with Gasteiger partial charge >= 0.3 is 0 Å². The van der Waals surface area contributed by atoms with Gasteiger partial charge in [-0.1, -0.05) is 516 Å². The Morgan fingerprint density at radius 3 is 0.770 bits per heavy atom. The third-order valence-electron chi connectivity index (χ3n) is 30.4. The van der Waals surface area contributed by atoms with Gasteiger partial charge in [-0.2, -0.15) is 0 Å². The molecule has 0 spiro atoms. The average Bonchev–Trinajstić information content (AvgIpc) is 0.714. The molecule has 0 heterocycles. The molecule has 0 fully saturated rings. The third-order valence-corrected chi connectivity index (χ3v) is 30.4. The Morgan fingerprint density at radius 2 is 0.358 bits per heavy atom. The summed E-state index contributed by atoms with van der Waals surface area (Å²) in [6.07, 6.45) is 2.57. The van der Waals surface area contributed by atoms with Crippen LogP contribution in [0.2, 0.25) is 0 Å². The zero-order valence-corrected chi connectivity index (χ0v) is 82.4. The monoisotopic (exact) mass is 1880 g/mol. The van der Waals surface area contributed by atoms with Gasteiger partial charge in [0.05, 0.1) is 0 Å². The van der Waals surface area contributed by atoms with Gasteiger partial charge in [0, 0.05) is 0 Å². The van der Waals surface area contributed by atoms with Crippen LogP contribution in [0, 0.1) is 0 Å². The van der Waals surface area contributed by atoms with Gasteiger partial charge in [-0.25, -0.2) is 0 Å². The summed E-state index contributed by atoms with van der Waals surface area (Å²) in [6, 6.07) is 203. The highest BCUT2D eigenvalue weighted by molar-refractivity contribution is 6.26.